The van der Waals surface area contributed by atoms with Crippen LogP contribution in [-0.4, -0.2) is 27.4 Å². The van der Waals surface area contributed by atoms with Gasteiger partial charge in [0.25, 0.3) is 0 Å². The Balaban J connectivity index is 2.97. The van der Waals surface area contributed by atoms with E-state index in [4.69, 9.17) is 10.9 Å². The van der Waals surface area contributed by atoms with E-state index in [0.29, 0.717) is 5.82 Å². The van der Waals surface area contributed by atoms with E-state index in [1.807, 2.05) is 13.8 Å². The Morgan fingerprint density at radius 1 is 1.33 bits per heavy atom. The van der Waals surface area contributed by atoms with E-state index in [2.05, 4.69) is 29.2 Å². The van der Waals surface area contributed by atoms with Crippen molar-refractivity contribution in [3.05, 3.63) is 11.4 Å². The number of hydrazine groups is 1. The third kappa shape index (κ3) is 3.83. The molecule has 0 aliphatic rings. The lowest BCUT2D eigenvalue weighted by atomic mass is 10.2. The van der Waals surface area contributed by atoms with Crippen LogP contribution in [0.2, 0.25) is 0 Å². The molecular formula is C12H22N4OS. The Kier molecular flexibility index (Phi) is 5.84. The summed E-state index contributed by atoms with van der Waals surface area (Å²) < 4.78 is 0. The lowest BCUT2D eigenvalue weighted by Gasteiger charge is -2.14. The number of hydrogen-bond acceptors (Lipinski definition) is 6. The van der Waals surface area contributed by atoms with E-state index >= 15 is 0 Å². The number of aliphatic hydroxyl groups excluding tert-OH is 1. The monoisotopic (exact) mass is 270 g/mol. The van der Waals surface area contributed by atoms with Gasteiger partial charge >= 0.3 is 0 Å². The Morgan fingerprint density at radius 3 is 2.50 bits per heavy atom. The van der Waals surface area contributed by atoms with Crippen LogP contribution >= 0.6 is 11.8 Å². The molecule has 0 spiro atoms. The molecule has 0 aliphatic heterocycles. The molecule has 1 rings (SSSR count). The zero-order valence-electron chi connectivity index (χ0n) is 11.4. The van der Waals surface area contributed by atoms with Crippen LogP contribution in [-0.2, 0) is 0 Å². The summed E-state index contributed by atoms with van der Waals surface area (Å²) in [4.78, 5) is 8.95. The van der Waals surface area contributed by atoms with Crippen LogP contribution in [0.25, 0.3) is 0 Å². The maximum Gasteiger partial charge on any atom is 0.147 e. The van der Waals surface area contributed by atoms with Crippen LogP contribution < -0.4 is 11.3 Å². The van der Waals surface area contributed by atoms with Gasteiger partial charge in [-0.1, -0.05) is 20.8 Å². The van der Waals surface area contributed by atoms with E-state index in [1.54, 1.807) is 11.8 Å². The summed E-state index contributed by atoms with van der Waals surface area (Å²) in [5.74, 6) is 8.28. The SMILES string of the molecule is Cc1c(NN)nc(C(C)C)nc1SCC(C)CO. The summed E-state index contributed by atoms with van der Waals surface area (Å²) in [5, 5.41) is 9.98. The first-order valence-corrected chi connectivity index (χ1v) is 7.06. The second-order valence-electron chi connectivity index (χ2n) is 4.76. The molecule has 0 bridgehead atoms. The predicted octanol–water partition coefficient (Wildman–Crippen LogP) is 1.91. The summed E-state index contributed by atoms with van der Waals surface area (Å²) in [6.45, 7) is 8.25. The maximum absolute atomic E-state index is 9.05. The maximum atomic E-state index is 9.05. The molecule has 102 valence electrons. The van der Waals surface area contributed by atoms with E-state index in [1.165, 1.54) is 0 Å². The van der Waals surface area contributed by atoms with Gasteiger partial charge in [0, 0.05) is 23.8 Å². The highest BCUT2D eigenvalue weighted by molar-refractivity contribution is 7.99. The van der Waals surface area contributed by atoms with Gasteiger partial charge in [-0.2, -0.15) is 0 Å². The average molecular weight is 270 g/mol. The Hall–Kier alpha value is -0.850. The number of nitrogens with two attached hydrogens (primary N) is 1. The van der Waals surface area contributed by atoms with Crippen molar-refractivity contribution in [1.29, 1.82) is 0 Å². The molecule has 5 nitrogen and oxygen atoms in total. The summed E-state index contributed by atoms with van der Waals surface area (Å²) in [6.07, 6.45) is 0. The number of aromatic nitrogens is 2. The zero-order valence-corrected chi connectivity index (χ0v) is 12.2. The number of rotatable bonds is 6. The van der Waals surface area contributed by atoms with Gasteiger partial charge in [0.1, 0.15) is 16.7 Å². The van der Waals surface area contributed by atoms with Gasteiger partial charge in [-0.25, -0.2) is 15.8 Å². The molecule has 1 heterocycles. The normalized spacial score (nSPS) is 12.8. The summed E-state index contributed by atoms with van der Waals surface area (Å²) >= 11 is 1.63. The minimum Gasteiger partial charge on any atom is -0.396 e. The van der Waals surface area contributed by atoms with E-state index in [-0.39, 0.29) is 18.4 Å². The molecule has 0 amide bonds. The van der Waals surface area contributed by atoms with Crippen LogP contribution in [0.1, 0.15) is 38.1 Å². The van der Waals surface area contributed by atoms with Crippen molar-refractivity contribution in [1.82, 2.24) is 9.97 Å². The molecule has 1 atom stereocenters. The highest BCUT2D eigenvalue weighted by Gasteiger charge is 2.13. The summed E-state index contributed by atoms with van der Waals surface area (Å²) in [6, 6.07) is 0. The molecule has 1 aromatic rings. The summed E-state index contributed by atoms with van der Waals surface area (Å²) in [5.41, 5.74) is 3.57. The molecule has 18 heavy (non-hydrogen) atoms. The van der Waals surface area contributed by atoms with Crippen LogP contribution in [0.15, 0.2) is 5.03 Å². The van der Waals surface area contributed by atoms with E-state index < -0.39 is 0 Å². The van der Waals surface area contributed by atoms with Gasteiger partial charge in [-0.05, 0) is 12.8 Å². The summed E-state index contributed by atoms with van der Waals surface area (Å²) in [7, 11) is 0. The lowest BCUT2D eigenvalue weighted by Crippen LogP contribution is -2.14. The highest BCUT2D eigenvalue weighted by atomic mass is 32.2. The largest absolute Gasteiger partial charge is 0.396 e. The smallest absolute Gasteiger partial charge is 0.147 e. The molecule has 6 heteroatoms. The fourth-order valence-corrected chi connectivity index (χ4v) is 2.34. The molecule has 0 aliphatic carbocycles. The number of nitrogens with one attached hydrogen (secondary N) is 1. The first-order chi connectivity index (χ1) is 8.49. The average Bonchev–Trinajstić information content (AvgIpc) is 2.36. The van der Waals surface area contributed by atoms with Crippen LogP contribution in [0.4, 0.5) is 5.82 Å². The Morgan fingerprint density at radius 2 is 2.00 bits per heavy atom. The van der Waals surface area contributed by atoms with Crippen molar-refractivity contribution in [2.24, 2.45) is 11.8 Å². The van der Waals surface area contributed by atoms with Crippen molar-refractivity contribution < 1.29 is 5.11 Å². The third-order valence-electron chi connectivity index (χ3n) is 2.59. The number of nitrogen functional groups attached to an aromatic ring is 1. The topological polar surface area (TPSA) is 84.1 Å². The number of nitrogens with zero attached hydrogens (tertiary/aromatic N) is 2. The van der Waals surface area contributed by atoms with Crippen molar-refractivity contribution in [3.8, 4) is 0 Å². The fourth-order valence-electron chi connectivity index (χ4n) is 1.33. The fraction of sp³-hybridized carbons (Fsp3) is 0.667. The molecule has 0 radical (unpaired) electrons. The van der Waals surface area contributed by atoms with Gasteiger partial charge in [-0.15, -0.1) is 11.8 Å². The van der Waals surface area contributed by atoms with E-state index in [0.717, 1.165) is 22.2 Å². The van der Waals surface area contributed by atoms with Gasteiger partial charge in [-0.3, -0.25) is 0 Å². The number of thioether (sulfide) groups is 1. The number of aliphatic hydroxyl groups is 1. The van der Waals surface area contributed by atoms with Crippen molar-refractivity contribution in [2.75, 3.05) is 17.8 Å². The Labute approximate surface area is 113 Å². The standard InChI is InChI=1S/C12H22N4OS/c1-7(2)10-14-11(16-13)9(4)12(15-10)18-6-8(3)5-17/h7-8,17H,5-6,13H2,1-4H3,(H,14,15,16). The Bertz CT molecular complexity index is 398. The van der Waals surface area contributed by atoms with Gasteiger partial charge < -0.3 is 10.5 Å². The van der Waals surface area contributed by atoms with Crippen LogP contribution in [0, 0.1) is 12.8 Å². The first kappa shape index (κ1) is 15.2. The molecule has 0 aromatic carbocycles. The number of hydrogen-bond donors (Lipinski definition) is 3. The molecule has 4 N–H and O–H groups in total. The van der Waals surface area contributed by atoms with Crippen molar-refractivity contribution in [3.63, 3.8) is 0 Å². The van der Waals surface area contributed by atoms with Crippen LogP contribution in [0.5, 0.6) is 0 Å². The van der Waals surface area contributed by atoms with Crippen LogP contribution in [0.3, 0.4) is 0 Å². The molecule has 0 saturated heterocycles. The minimum absolute atomic E-state index is 0.191. The number of anilines is 1. The lowest BCUT2D eigenvalue weighted by molar-refractivity contribution is 0.250. The van der Waals surface area contributed by atoms with Gasteiger partial charge in [0.15, 0.2) is 0 Å². The first-order valence-electron chi connectivity index (χ1n) is 6.08. The molecule has 1 unspecified atom stereocenters. The highest BCUT2D eigenvalue weighted by Crippen LogP contribution is 2.27. The predicted molar refractivity (Wildman–Crippen MR) is 75.6 cm³/mol. The molecule has 1 aromatic heterocycles. The second-order valence-corrected chi connectivity index (χ2v) is 5.77. The molecular weight excluding hydrogens is 248 g/mol. The molecule has 0 fully saturated rings. The van der Waals surface area contributed by atoms with Gasteiger partial charge in [0.2, 0.25) is 0 Å². The minimum atomic E-state index is 0.191. The van der Waals surface area contributed by atoms with Gasteiger partial charge in [0.05, 0.1) is 0 Å². The quantitative estimate of drug-likeness (QED) is 0.317. The second kappa shape index (κ2) is 6.92. The van der Waals surface area contributed by atoms with E-state index in [9.17, 15) is 0 Å². The van der Waals surface area contributed by atoms with Crippen molar-refractivity contribution >= 4 is 17.6 Å². The third-order valence-corrected chi connectivity index (χ3v) is 3.99. The zero-order chi connectivity index (χ0) is 13.7. The van der Waals surface area contributed by atoms with Crippen molar-refractivity contribution in [2.45, 2.75) is 38.6 Å². The molecule has 0 saturated carbocycles.